The molecule has 6 rings (SSSR count). The molecule has 1 unspecified atom stereocenters. The molecule has 3 heterocycles. The van der Waals surface area contributed by atoms with Gasteiger partial charge in [0.05, 0.1) is 22.9 Å². The van der Waals surface area contributed by atoms with Crippen LogP contribution in [0.3, 0.4) is 0 Å². The van der Waals surface area contributed by atoms with Gasteiger partial charge in [0.1, 0.15) is 17.9 Å². The number of carbonyl (C=O) groups excluding carboxylic acids is 1. The lowest BCUT2D eigenvalue weighted by Gasteiger charge is -2.19. The standard InChI is InChI=1S/C33H28FN5O3/c1-19-5-3-4-6-25(19)26-7-8-27(37-32-30(34)22(9-11-36-32)16-39-12-10-24(41)17-39)29(20(26)2)33-38-28-14-21(18-40)13-23(15-35)31(28)42-33/h3-9,11,13-14,18,24,41H,10,12,16-17H2,1-2H3,(H,36,37). The van der Waals surface area contributed by atoms with Crippen LogP contribution in [0.2, 0.25) is 0 Å². The van der Waals surface area contributed by atoms with E-state index in [9.17, 15) is 15.2 Å². The van der Waals surface area contributed by atoms with Crippen LogP contribution in [0.1, 0.15) is 39.0 Å². The highest BCUT2D eigenvalue weighted by molar-refractivity contribution is 5.92. The molecular formula is C33H28FN5O3. The number of likely N-dealkylation sites (tertiary alicyclic amines) is 1. The average Bonchev–Trinajstić information content (AvgIpc) is 3.60. The van der Waals surface area contributed by atoms with E-state index in [1.807, 2.05) is 55.1 Å². The van der Waals surface area contributed by atoms with Gasteiger partial charge in [-0.1, -0.05) is 30.3 Å². The van der Waals surface area contributed by atoms with Crippen molar-refractivity contribution >= 4 is 28.9 Å². The summed E-state index contributed by atoms with van der Waals surface area (Å²) >= 11 is 0. The maximum Gasteiger partial charge on any atom is 0.229 e. The van der Waals surface area contributed by atoms with Crippen molar-refractivity contribution in [3.8, 4) is 28.7 Å². The molecule has 1 saturated heterocycles. The zero-order chi connectivity index (χ0) is 29.4. The van der Waals surface area contributed by atoms with E-state index in [1.54, 1.807) is 18.3 Å². The molecule has 1 atom stereocenters. The molecule has 210 valence electrons. The molecule has 42 heavy (non-hydrogen) atoms. The number of rotatable bonds is 7. The maximum absolute atomic E-state index is 15.8. The molecule has 0 aliphatic carbocycles. The number of halogens is 1. The van der Waals surface area contributed by atoms with Crippen molar-refractivity contribution in [1.29, 1.82) is 5.26 Å². The first-order valence-corrected chi connectivity index (χ1v) is 13.7. The first-order chi connectivity index (χ1) is 20.4. The number of hydrogen-bond acceptors (Lipinski definition) is 8. The number of nitrogens with zero attached hydrogens (tertiary/aromatic N) is 4. The van der Waals surface area contributed by atoms with E-state index in [0.717, 1.165) is 22.3 Å². The fourth-order valence-corrected chi connectivity index (χ4v) is 5.59. The van der Waals surface area contributed by atoms with Crippen molar-refractivity contribution < 1.29 is 18.7 Å². The van der Waals surface area contributed by atoms with Crippen LogP contribution in [-0.2, 0) is 6.54 Å². The molecular weight excluding hydrogens is 533 g/mol. The SMILES string of the molecule is Cc1ccccc1-c1ccc(Nc2nccc(CN3CCC(O)C3)c2F)c(-c2nc3cc(C=O)cc(C#N)c3o2)c1C. The molecule has 1 aliphatic rings. The fourth-order valence-electron chi connectivity index (χ4n) is 5.59. The highest BCUT2D eigenvalue weighted by atomic mass is 19.1. The van der Waals surface area contributed by atoms with Gasteiger partial charge in [0.15, 0.2) is 17.2 Å². The second kappa shape index (κ2) is 11.2. The number of fused-ring (bicyclic) bond motifs is 1. The Labute approximate surface area is 242 Å². The van der Waals surface area contributed by atoms with Gasteiger partial charge in [0, 0.05) is 37.0 Å². The third kappa shape index (κ3) is 5.02. The number of pyridine rings is 1. The van der Waals surface area contributed by atoms with Gasteiger partial charge in [-0.3, -0.25) is 9.69 Å². The van der Waals surface area contributed by atoms with Crippen molar-refractivity contribution in [2.24, 2.45) is 0 Å². The van der Waals surface area contributed by atoms with Gasteiger partial charge in [-0.2, -0.15) is 5.26 Å². The quantitative estimate of drug-likeness (QED) is 0.222. The van der Waals surface area contributed by atoms with E-state index >= 15 is 4.39 Å². The predicted molar refractivity (Wildman–Crippen MR) is 158 cm³/mol. The smallest absolute Gasteiger partial charge is 0.229 e. The van der Waals surface area contributed by atoms with Gasteiger partial charge >= 0.3 is 0 Å². The van der Waals surface area contributed by atoms with E-state index in [2.05, 4.69) is 21.4 Å². The summed E-state index contributed by atoms with van der Waals surface area (Å²) in [7, 11) is 0. The summed E-state index contributed by atoms with van der Waals surface area (Å²) in [4.78, 5) is 22.5. The number of β-amino-alcohol motifs (C(OH)–C–C–N with tert-alkyl or cyclic N) is 1. The summed E-state index contributed by atoms with van der Waals surface area (Å²) in [6.07, 6.45) is 2.49. The largest absolute Gasteiger partial charge is 0.435 e. The Morgan fingerprint density at radius 2 is 2.02 bits per heavy atom. The monoisotopic (exact) mass is 561 g/mol. The van der Waals surface area contributed by atoms with Crippen molar-refractivity contribution in [2.75, 3.05) is 18.4 Å². The zero-order valence-electron chi connectivity index (χ0n) is 23.2. The minimum atomic E-state index is -0.481. The second-order valence-electron chi connectivity index (χ2n) is 10.6. The van der Waals surface area contributed by atoms with Gasteiger partial charge in [-0.05, 0) is 66.8 Å². The van der Waals surface area contributed by atoms with E-state index in [4.69, 9.17) is 4.42 Å². The molecule has 9 heteroatoms. The molecule has 3 aromatic carbocycles. The van der Waals surface area contributed by atoms with Crippen molar-refractivity contribution in [3.05, 3.63) is 94.4 Å². The number of nitrogens with one attached hydrogen (secondary N) is 1. The Hall–Kier alpha value is -4.91. The molecule has 2 N–H and O–H groups in total. The highest BCUT2D eigenvalue weighted by Gasteiger charge is 2.24. The predicted octanol–water partition coefficient (Wildman–Crippen LogP) is 6.31. The third-order valence-electron chi connectivity index (χ3n) is 7.75. The van der Waals surface area contributed by atoms with Crippen molar-refractivity contribution in [1.82, 2.24) is 14.9 Å². The van der Waals surface area contributed by atoms with E-state index in [-0.39, 0.29) is 22.9 Å². The van der Waals surface area contributed by atoms with Gasteiger partial charge in [0.2, 0.25) is 5.89 Å². The molecule has 0 amide bonds. The number of aliphatic hydroxyl groups is 1. The van der Waals surface area contributed by atoms with Crippen LogP contribution in [-0.4, -0.2) is 45.5 Å². The lowest BCUT2D eigenvalue weighted by Crippen LogP contribution is -2.22. The number of oxazole rings is 1. The van der Waals surface area contributed by atoms with Crippen LogP contribution < -0.4 is 5.32 Å². The van der Waals surface area contributed by atoms with Gasteiger partial charge in [0.25, 0.3) is 0 Å². The molecule has 5 aromatic rings. The van der Waals surface area contributed by atoms with Gasteiger partial charge in [-0.15, -0.1) is 0 Å². The second-order valence-corrected chi connectivity index (χ2v) is 10.6. The first kappa shape index (κ1) is 27.3. The third-order valence-corrected chi connectivity index (χ3v) is 7.75. The Morgan fingerprint density at radius 1 is 1.19 bits per heavy atom. The molecule has 0 bridgehead atoms. The summed E-state index contributed by atoms with van der Waals surface area (Å²) in [5.41, 5.74) is 6.61. The van der Waals surface area contributed by atoms with Crippen LogP contribution in [0.25, 0.3) is 33.7 Å². The molecule has 8 nitrogen and oxygen atoms in total. The minimum absolute atomic E-state index is 0.0496. The Bertz CT molecular complexity index is 1880. The van der Waals surface area contributed by atoms with Crippen LogP contribution >= 0.6 is 0 Å². The summed E-state index contributed by atoms with van der Waals surface area (Å²) in [5.74, 6) is -0.207. The first-order valence-electron chi connectivity index (χ1n) is 13.7. The molecule has 0 saturated carbocycles. The number of carbonyl (C=O) groups is 1. The van der Waals surface area contributed by atoms with Crippen LogP contribution in [0.5, 0.6) is 0 Å². The van der Waals surface area contributed by atoms with E-state index in [1.165, 1.54) is 6.07 Å². The number of nitriles is 1. The average molecular weight is 562 g/mol. The lowest BCUT2D eigenvalue weighted by molar-refractivity contribution is 0.112. The summed E-state index contributed by atoms with van der Waals surface area (Å²) in [5, 5.41) is 22.8. The summed E-state index contributed by atoms with van der Waals surface area (Å²) in [6.45, 7) is 5.54. The number of anilines is 2. The Kier molecular flexibility index (Phi) is 7.25. The number of benzene rings is 3. The number of aromatic nitrogens is 2. The van der Waals surface area contributed by atoms with Crippen LogP contribution in [0, 0.1) is 31.0 Å². The van der Waals surface area contributed by atoms with Gasteiger partial charge in [-0.25, -0.2) is 14.4 Å². The maximum atomic E-state index is 15.8. The van der Waals surface area contributed by atoms with Crippen molar-refractivity contribution in [3.63, 3.8) is 0 Å². The number of hydrogen-bond donors (Lipinski definition) is 2. The van der Waals surface area contributed by atoms with Gasteiger partial charge < -0.3 is 14.8 Å². The Balaban J connectivity index is 1.49. The fraction of sp³-hybridized carbons (Fsp3) is 0.212. The minimum Gasteiger partial charge on any atom is -0.435 e. The van der Waals surface area contributed by atoms with E-state index in [0.29, 0.717) is 60.2 Å². The number of aldehydes is 1. The summed E-state index contributed by atoms with van der Waals surface area (Å²) in [6, 6.07) is 18.6. The topological polar surface area (TPSA) is 115 Å². The summed E-state index contributed by atoms with van der Waals surface area (Å²) < 4.78 is 21.9. The number of aliphatic hydroxyl groups excluding tert-OH is 1. The van der Waals surface area contributed by atoms with Crippen molar-refractivity contribution in [2.45, 2.75) is 32.9 Å². The number of aryl methyl sites for hydroxylation is 1. The molecule has 0 radical (unpaired) electrons. The molecule has 1 aliphatic heterocycles. The molecule has 0 spiro atoms. The van der Waals surface area contributed by atoms with E-state index < -0.39 is 11.9 Å². The molecule has 2 aromatic heterocycles. The lowest BCUT2D eigenvalue weighted by atomic mass is 9.92. The highest BCUT2D eigenvalue weighted by Crippen LogP contribution is 2.41. The van der Waals surface area contributed by atoms with Crippen LogP contribution in [0.4, 0.5) is 15.9 Å². The molecule has 1 fully saturated rings. The normalized spacial score (nSPS) is 15.2. The van der Waals surface area contributed by atoms with Crippen LogP contribution in [0.15, 0.2) is 65.2 Å². The Morgan fingerprint density at radius 3 is 2.76 bits per heavy atom. The zero-order valence-corrected chi connectivity index (χ0v) is 23.2.